The lowest BCUT2D eigenvalue weighted by molar-refractivity contribution is -0.138. The molecule has 0 spiro atoms. The summed E-state index contributed by atoms with van der Waals surface area (Å²) in [5.41, 5.74) is 0.882. The average Bonchev–Trinajstić information content (AvgIpc) is 2.56. The molecule has 26 heavy (non-hydrogen) atoms. The lowest BCUT2D eigenvalue weighted by atomic mass is 9.97. The molecule has 2 aromatic carbocycles. The SMILES string of the molecule is CCC(C(=O)O)c1ccccc1.CS(=O)(=O)c1ccccc1.N[SH](=O)=O. The minimum Gasteiger partial charge on any atom is -0.481 e. The number of hydrogen-bond acceptors (Lipinski definition) is 5. The number of carboxylic acid groups (broad SMARTS) is 1. The molecule has 1 atom stereocenters. The van der Waals surface area contributed by atoms with Crippen molar-refractivity contribution in [2.45, 2.75) is 24.2 Å². The molecule has 0 fully saturated rings. The van der Waals surface area contributed by atoms with E-state index in [0.717, 1.165) is 5.56 Å². The van der Waals surface area contributed by atoms with Crippen LogP contribution in [0.4, 0.5) is 0 Å². The van der Waals surface area contributed by atoms with Crippen LogP contribution in [0.3, 0.4) is 0 Å². The summed E-state index contributed by atoms with van der Waals surface area (Å²) in [4.78, 5) is 11.1. The van der Waals surface area contributed by atoms with Gasteiger partial charge in [-0.1, -0.05) is 55.5 Å². The molecule has 0 heterocycles. The van der Waals surface area contributed by atoms with E-state index in [9.17, 15) is 13.2 Å². The summed E-state index contributed by atoms with van der Waals surface area (Å²) in [5, 5.41) is 12.9. The van der Waals surface area contributed by atoms with Crippen LogP contribution < -0.4 is 5.14 Å². The molecule has 9 heteroatoms. The first-order valence-electron chi connectivity index (χ1n) is 7.51. The van der Waals surface area contributed by atoms with Crippen molar-refractivity contribution in [3.63, 3.8) is 0 Å². The van der Waals surface area contributed by atoms with E-state index in [-0.39, 0.29) is 5.92 Å². The first kappa shape index (κ1) is 23.8. The van der Waals surface area contributed by atoms with E-state index in [1.165, 1.54) is 6.26 Å². The third kappa shape index (κ3) is 10.6. The van der Waals surface area contributed by atoms with Crippen molar-refractivity contribution in [1.29, 1.82) is 0 Å². The molecule has 0 aliphatic heterocycles. The van der Waals surface area contributed by atoms with Crippen molar-refractivity contribution in [3.8, 4) is 0 Å². The molecule has 3 N–H and O–H groups in total. The zero-order valence-corrected chi connectivity index (χ0v) is 16.2. The fraction of sp³-hybridized carbons (Fsp3) is 0.235. The summed E-state index contributed by atoms with van der Waals surface area (Å²) in [6.45, 7) is 1.88. The molecule has 0 bridgehead atoms. The number of nitrogens with two attached hydrogens (primary N) is 1. The predicted molar refractivity (Wildman–Crippen MR) is 101 cm³/mol. The van der Waals surface area contributed by atoms with Gasteiger partial charge in [-0.05, 0) is 24.1 Å². The van der Waals surface area contributed by atoms with Gasteiger partial charge in [0.15, 0.2) is 20.7 Å². The number of rotatable bonds is 4. The zero-order valence-electron chi connectivity index (χ0n) is 14.5. The molecule has 2 rings (SSSR count). The molecule has 0 aliphatic carbocycles. The highest BCUT2D eigenvalue weighted by atomic mass is 32.2. The molecule has 144 valence electrons. The molecule has 0 radical (unpaired) electrons. The van der Waals surface area contributed by atoms with Gasteiger partial charge in [0.05, 0.1) is 10.8 Å². The van der Waals surface area contributed by atoms with Crippen LogP contribution in [-0.2, 0) is 25.5 Å². The van der Waals surface area contributed by atoms with E-state index >= 15 is 0 Å². The Kier molecular flexibility index (Phi) is 11.1. The molecular formula is C17H23NO6S2. The maximum absolute atomic E-state index is 10.8. The Morgan fingerprint density at radius 3 is 1.69 bits per heavy atom. The molecule has 0 saturated carbocycles. The van der Waals surface area contributed by atoms with E-state index in [4.69, 9.17) is 13.5 Å². The molecule has 0 aliphatic rings. The normalized spacial score (nSPS) is 11.4. The van der Waals surface area contributed by atoms with Crippen LogP contribution in [0.5, 0.6) is 0 Å². The Morgan fingerprint density at radius 2 is 1.42 bits per heavy atom. The third-order valence-electron chi connectivity index (χ3n) is 3.08. The summed E-state index contributed by atoms with van der Waals surface area (Å²) in [7, 11) is -5.62. The van der Waals surface area contributed by atoms with Gasteiger partial charge in [0.1, 0.15) is 0 Å². The maximum Gasteiger partial charge on any atom is 0.310 e. The molecular weight excluding hydrogens is 378 g/mol. The number of carboxylic acids is 1. The Bertz CT molecular complexity index is 826. The minimum atomic E-state index is -3.00. The number of thiol groups is 1. The van der Waals surface area contributed by atoms with Crippen LogP contribution in [0, 0.1) is 0 Å². The van der Waals surface area contributed by atoms with Crippen LogP contribution in [-0.4, -0.2) is 34.2 Å². The van der Waals surface area contributed by atoms with Gasteiger partial charge >= 0.3 is 5.97 Å². The number of aliphatic carboxylic acids is 1. The highest BCUT2D eigenvalue weighted by molar-refractivity contribution is 7.90. The van der Waals surface area contributed by atoms with Gasteiger partial charge in [0.2, 0.25) is 0 Å². The average molecular weight is 402 g/mol. The topological polar surface area (TPSA) is 132 Å². The lowest BCUT2D eigenvalue weighted by Crippen LogP contribution is -2.09. The highest BCUT2D eigenvalue weighted by Crippen LogP contribution is 2.18. The van der Waals surface area contributed by atoms with Crippen molar-refractivity contribution in [1.82, 2.24) is 0 Å². The molecule has 0 aromatic heterocycles. The van der Waals surface area contributed by atoms with Gasteiger partial charge in [-0.15, -0.1) is 0 Å². The summed E-state index contributed by atoms with van der Waals surface area (Å²) < 4.78 is 39.3. The molecule has 1 unspecified atom stereocenters. The number of sulfone groups is 1. The van der Waals surface area contributed by atoms with Gasteiger partial charge in [-0.2, -0.15) is 0 Å². The second-order valence-electron chi connectivity index (χ2n) is 5.08. The maximum atomic E-state index is 10.8. The van der Waals surface area contributed by atoms with Crippen molar-refractivity contribution < 1.29 is 26.7 Å². The highest BCUT2D eigenvalue weighted by Gasteiger charge is 2.16. The Morgan fingerprint density at radius 1 is 1.04 bits per heavy atom. The van der Waals surface area contributed by atoms with Crippen LogP contribution in [0.15, 0.2) is 65.6 Å². The first-order chi connectivity index (χ1) is 12.1. The van der Waals surface area contributed by atoms with Crippen LogP contribution in [0.25, 0.3) is 0 Å². The predicted octanol–water partition coefficient (Wildman–Crippen LogP) is 1.83. The summed E-state index contributed by atoms with van der Waals surface area (Å²) >= 11 is 0. The second-order valence-corrected chi connectivity index (χ2v) is 7.67. The Labute approximate surface area is 155 Å². The monoisotopic (exact) mass is 401 g/mol. The number of carbonyl (C=O) groups is 1. The smallest absolute Gasteiger partial charge is 0.310 e. The van der Waals surface area contributed by atoms with E-state index in [1.54, 1.807) is 30.3 Å². The van der Waals surface area contributed by atoms with Gasteiger partial charge < -0.3 is 5.11 Å². The lowest BCUT2D eigenvalue weighted by Gasteiger charge is -2.08. The van der Waals surface area contributed by atoms with E-state index in [0.29, 0.717) is 11.3 Å². The third-order valence-corrected chi connectivity index (χ3v) is 4.21. The Hall–Kier alpha value is -2.23. The van der Waals surface area contributed by atoms with E-state index in [1.807, 2.05) is 37.3 Å². The van der Waals surface area contributed by atoms with Gasteiger partial charge in [0, 0.05) is 6.26 Å². The van der Waals surface area contributed by atoms with Crippen molar-refractivity contribution in [2.24, 2.45) is 5.14 Å². The summed E-state index contributed by atoms with van der Waals surface area (Å²) in [6.07, 6.45) is 1.84. The van der Waals surface area contributed by atoms with Gasteiger partial charge in [-0.25, -0.2) is 22.0 Å². The largest absolute Gasteiger partial charge is 0.481 e. The standard InChI is InChI=1S/C10H12O2.C7H8O2S.H3NO2S/c1-2-9(10(11)12)8-6-4-3-5-7-8;1-10(8,9)7-5-3-2-4-6-7;1-4(2)3/h3-7,9H,2H2,1H3,(H,11,12);2-6H,1H3;4H,(H2,1,2,3). The number of benzene rings is 2. The van der Waals surface area contributed by atoms with Crippen LogP contribution in [0.2, 0.25) is 0 Å². The van der Waals surface area contributed by atoms with Gasteiger partial charge in [0.25, 0.3) is 0 Å². The van der Waals surface area contributed by atoms with Gasteiger partial charge in [-0.3, -0.25) is 4.79 Å². The van der Waals surface area contributed by atoms with Crippen molar-refractivity contribution in [3.05, 3.63) is 66.2 Å². The molecule has 0 amide bonds. The Balaban J connectivity index is 0.000000405. The van der Waals surface area contributed by atoms with Crippen molar-refractivity contribution in [2.75, 3.05) is 6.26 Å². The van der Waals surface area contributed by atoms with E-state index < -0.39 is 26.7 Å². The van der Waals surface area contributed by atoms with E-state index in [2.05, 4.69) is 5.14 Å². The zero-order chi connectivity index (χ0) is 20.2. The first-order valence-corrected chi connectivity index (χ1v) is 10.6. The minimum absolute atomic E-state index is 0.355. The van der Waals surface area contributed by atoms with Crippen LogP contribution in [0.1, 0.15) is 24.8 Å². The quantitative estimate of drug-likeness (QED) is 0.670. The molecule has 0 saturated heterocycles. The fourth-order valence-electron chi connectivity index (χ4n) is 1.91. The van der Waals surface area contributed by atoms with Crippen LogP contribution >= 0.6 is 0 Å². The molecule has 7 nitrogen and oxygen atoms in total. The second kappa shape index (κ2) is 12.2. The summed E-state index contributed by atoms with van der Waals surface area (Å²) in [5.74, 6) is -1.10. The summed E-state index contributed by atoms with van der Waals surface area (Å²) in [6, 6.07) is 17.7. The van der Waals surface area contributed by atoms with Crippen molar-refractivity contribution >= 4 is 26.7 Å². The number of hydrogen-bond donors (Lipinski definition) is 3. The fourth-order valence-corrected chi connectivity index (χ4v) is 2.56. The molecule has 2 aromatic rings.